The number of benzene rings is 1. The number of allylic oxidation sites excluding steroid dienone is 5. The van der Waals surface area contributed by atoms with E-state index in [2.05, 4.69) is 54.6 Å². The maximum atomic E-state index is 2.55. The van der Waals surface area contributed by atoms with Crippen LogP contribution in [0.3, 0.4) is 0 Å². The van der Waals surface area contributed by atoms with Gasteiger partial charge in [-0.25, -0.2) is 0 Å². The van der Waals surface area contributed by atoms with E-state index in [1.54, 1.807) is 5.20 Å². The zero-order valence-electron chi connectivity index (χ0n) is 13.9. The van der Waals surface area contributed by atoms with E-state index in [-0.39, 0.29) is 0 Å². The second-order valence-corrected chi connectivity index (χ2v) is 9.41. The molecule has 0 heterocycles. The van der Waals surface area contributed by atoms with Crippen molar-refractivity contribution in [3.63, 3.8) is 0 Å². The SMILES string of the molecule is C1=CCC(CC2CCCCC2)([Si]C2=Cc3ccccc3C2)C=C1. The summed E-state index contributed by atoms with van der Waals surface area (Å²) >= 11 is 0. The Morgan fingerprint density at radius 1 is 1.04 bits per heavy atom. The summed E-state index contributed by atoms with van der Waals surface area (Å²) in [4.78, 5) is 0. The smallest absolute Gasteiger partial charge is 0.0840 e. The van der Waals surface area contributed by atoms with Crippen molar-refractivity contribution < 1.29 is 0 Å². The molecule has 4 rings (SSSR count). The Morgan fingerprint density at radius 2 is 1.91 bits per heavy atom. The molecule has 23 heavy (non-hydrogen) atoms. The van der Waals surface area contributed by atoms with Crippen molar-refractivity contribution >= 4 is 15.6 Å². The molecule has 1 atom stereocenters. The number of fused-ring (bicyclic) bond motifs is 1. The zero-order valence-corrected chi connectivity index (χ0v) is 14.9. The van der Waals surface area contributed by atoms with Gasteiger partial charge in [0.2, 0.25) is 0 Å². The summed E-state index contributed by atoms with van der Waals surface area (Å²) < 4.78 is 0. The third-order valence-electron chi connectivity index (χ3n) is 5.70. The lowest BCUT2D eigenvalue weighted by Crippen LogP contribution is -2.25. The van der Waals surface area contributed by atoms with E-state index in [0.29, 0.717) is 5.04 Å². The molecule has 2 radical (unpaired) electrons. The van der Waals surface area contributed by atoms with E-state index in [1.807, 2.05) is 0 Å². The highest BCUT2D eigenvalue weighted by molar-refractivity contribution is 6.51. The topological polar surface area (TPSA) is 0 Å². The third-order valence-corrected chi connectivity index (χ3v) is 7.41. The average molecular weight is 319 g/mol. The first kappa shape index (κ1) is 15.2. The maximum Gasteiger partial charge on any atom is 0.0875 e. The summed E-state index contributed by atoms with van der Waals surface area (Å²) in [5.74, 6) is 0.955. The van der Waals surface area contributed by atoms with Gasteiger partial charge in [0.1, 0.15) is 0 Å². The van der Waals surface area contributed by atoms with Crippen LogP contribution in [0.4, 0.5) is 0 Å². The number of rotatable bonds is 4. The van der Waals surface area contributed by atoms with Gasteiger partial charge in [-0.3, -0.25) is 0 Å². The van der Waals surface area contributed by atoms with Crippen molar-refractivity contribution in [3.8, 4) is 0 Å². The van der Waals surface area contributed by atoms with Gasteiger partial charge in [0.15, 0.2) is 0 Å². The second kappa shape index (κ2) is 6.65. The molecule has 0 N–H and O–H groups in total. The van der Waals surface area contributed by atoms with Gasteiger partial charge in [0.25, 0.3) is 0 Å². The number of hydrogen-bond acceptors (Lipinski definition) is 0. The van der Waals surface area contributed by atoms with Crippen LogP contribution in [0.25, 0.3) is 6.08 Å². The van der Waals surface area contributed by atoms with Crippen molar-refractivity contribution in [1.29, 1.82) is 0 Å². The highest BCUT2D eigenvalue weighted by atomic mass is 28.2. The molecule has 1 heteroatoms. The molecule has 0 saturated heterocycles. The molecular formula is C22H26Si. The molecule has 0 nitrogen and oxygen atoms in total. The van der Waals surface area contributed by atoms with Gasteiger partial charge >= 0.3 is 0 Å². The molecule has 118 valence electrons. The van der Waals surface area contributed by atoms with Gasteiger partial charge in [-0.1, -0.05) is 91.9 Å². The minimum atomic E-state index is 0.407. The fourth-order valence-electron chi connectivity index (χ4n) is 4.55. The molecular weight excluding hydrogens is 292 g/mol. The summed E-state index contributed by atoms with van der Waals surface area (Å²) in [5, 5.41) is 2.08. The molecule has 3 aliphatic rings. The zero-order chi connectivity index (χ0) is 15.5. The van der Waals surface area contributed by atoms with E-state index in [0.717, 1.165) is 15.4 Å². The van der Waals surface area contributed by atoms with Crippen molar-refractivity contribution in [3.05, 3.63) is 64.9 Å². The average Bonchev–Trinajstić information content (AvgIpc) is 2.98. The predicted octanol–water partition coefficient (Wildman–Crippen LogP) is 5.93. The molecule has 0 spiro atoms. The molecule has 1 fully saturated rings. The van der Waals surface area contributed by atoms with Gasteiger partial charge in [0, 0.05) is 0 Å². The fraction of sp³-hybridized carbons (Fsp3) is 0.455. The van der Waals surface area contributed by atoms with Crippen LogP contribution in [0, 0.1) is 5.92 Å². The molecule has 3 aliphatic carbocycles. The lowest BCUT2D eigenvalue weighted by molar-refractivity contribution is 0.313. The highest BCUT2D eigenvalue weighted by Crippen LogP contribution is 2.46. The Morgan fingerprint density at radius 3 is 2.70 bits per heavy atom. The maximum absolute atomic E-state index is 2.55. The van der Waals surface area contributed by atoms with E-state index in [9.17, 15) is 0 Å². The Kier molecular flexibility index (Phi) is 4.39. The van der Waals surface area contributed by atoms with E-state index >= 15 is 0 Å². The third kappa shape index (κ3) is 3.45. The molecule has 0 aromatic heterocycles. The summed E-state index contributed by atoms with van der Waals surface area (Å²) in [7, 11) is 0.949. The lowest BCUT2D eigenvalue weighted by atomic mass is 9.80. The number of hydrogen-bond donors (Lipinski definition) is 0. The first-order valence-electron chi connectivity index (χ1n) is 9.24. The monoisotopic (exact) mass is 318 g/mol. The fourth-order valence-corrected chi connectivity index (χ4v) is 6.48. The Labute approximate surface area is 143 Å². The Hall–Kier alpha value is -1.34. The predicted molar refractivity (Wildman–Crippen MR) is 101 cm³/mol. The molecule has 0 amide bonds. The van der Waals surface area contributed by atoms with Gasteiger partial charge in [0.05, 0.1) is 9.52 Å². The van der Waals surface area contributed by atoms with E-state index in [1.165, 1.54) is 62.5 Å². The molecule has 1 aromatic rings. The Bertz CT molecular complexity index is 646. The Balaban J connectivity index is 1.51. The molecule has 1 unspecified atom stereocenters. The summed E-state index contributed by atoms with van der Waals surface area (Å²) in [6.45, 7) is 0. The van der Waals surface area contributed by atoms with Crippen LogP contribution in [-0.2, 0) is 6.42 Å². The normalized spacial score (nSPS) is 27.0. The molecule has 0 aliphatic heterocycles. The van der Waals surface area contributed by atoms with Crippen molar-refractivity contribution in [2.24, 2.45) is 5.92 Å². The quantitative estimate of drug-likeness (QED) is 0.603. The van der Waals surface area contributed by atoms with Crippen LogP contribution >= 0.6 is 0 Å². The highest BCUT2D eigenvalue weighted by Gasteiger charge is 2.33. The second-order valence-electron chi connectivity index (χ2n) is 7.53. The minimum Gasteiger partial charge on any atom is -0.0840 e. The standard InChI is InChI=1S/C22H26Si/c1-3-9-18(10-4-1)17-22(13-7-2-8-14-22)23-21-15-19-11-5-6-12-20(19)16-21/h2,5-8,11-13,15,18H,1,3-4,9-10,14,16-17H2. The molecule has 0 bridgehead atoms. The van der Waals surface area contributed by atoms with Crippen LogP contribution in [-0.4, -0.2) is 9.52 Å². The van der Waals surface area contributed by atoms with Crippen molar-refractivity contribution in [2.75, 3.05) is 0 Å². The van der Waals surface area contributed by atoms with Gasteiger partial charge in [-0.2, -0.15) is 0 Å². The van der Waals surface area contributed by atoms with Crippen molar-refractivity contribution in [1.82, 2.24) is 0 Å². The van der Waals surface area contributed by atoms with Crippen LogP contribution in [0.15, 0.2) is 53.8 Å². The van der Waals surface area contributed by atoms with Crippen LogP contribution in [0.2, 0.25) is 5.04 Å². The summed E-state index contributed by atoms with van der Waals surface area (Å²) in [5.41, 5.74) is 2.98. The van der Waals surface area contributed by atoms with E-state index in [4.69, 9.17) is 0 Å². The summed E-state index contributed by atoms with van der Waals surface area (Å²) in [6, 6.07) is 8.92. The summed E-state index contributed by atoms with van der Waals surface area (Å²) in [6.07, 6.45) is 23.1. The van der Waals surface area contributed by atoms with Gasteiger partial charge in [-0.15, -0.1) is 0 Å². The van der Waals surface area contributed by atoms with E-state index < -0.39 is 0 Å². The van der Waals surface area contributed by atoms with Crippen LogP contribution in [0.5, 0.6) is 0 Å². The first-order valence-corrected chi connectivity index (χ1v) is 10.2. The van der Waals surface area contributed by atoms with Crippen molar-refractivity contribution in [2.45, 2.75) is 56.4 Å². The largest absolute Gasteiger partial charge is 0.0875 e. The van der Waals surface area contributed by atoms with Crippen LogP contribution < -0.4 is 0 Å². The lowest BCUT2D eigenvalue weighted by Gasteiger charge is -2.36. The molecule has 1 saturated carbocycles. The van der Waals surface area contributed by atoms with Gasteiger partial charge in [-0.05, 0) is 41.3 Å². The minimum absolute atomic E-state index is 0.407. The van der Waals surface area contributed by atoms with Gasteiger partial charge < -0.3 is 0 Å². The molecule has 1 aromatic carbocycles. The van der Waals surface area contributed by atoms with Crippen LogP contribution in [0.1, 0.15) is 56.1 Å². The first-order chi connectivity index (χ1) is 11.3.